The van der Waals surface area contributed by atoms with Crippen LogP contribution >= 0.6 is 0 Å². The van der Waals surface area contributed by atoms with E-state index in [4.69, 9.17) is 9.47 Å². The Balaban J connectivity index is 1.31. The highest BCUT2D eigenvalue weighted by molar-refractivity contribution is 5.98. The van der Waals surface area contributed by atoms with Crippen molar-refractivity contribution in [3.05, 3.63) is 106 Å². The first kappa shape index (κ1) is 24.4. The van der Waals surface area contributed by atoms with Crippen molar-refractivity contribution in [1.82, 2.24) is 14.5 Å². The number of likely N-dealkylation sites (N-methyl/N-ethyl adjacent to an activating group) is 1. The zero-order valence-corrected chi connectivity index (χ0v) is 20.8. The molecule has 1 N–H and O–H groups in total. The first-order valence-corrected chi connectivity index (χ1v) is 12.2. The quantitative estimate of drug-likeness (QED) is 0.311. The molecule has 6 rings (SSSR count). The second-order valence-electron chi connectivity index (χ2n) is 9.15. The van der Waals surface area contributed by atoms with Gasteiger partial charge in [-0.3, -0.25) is 14.2 Å². The van der Waals surface area contributed by atoms with Crippen LogP contribution in [0, 0.1) is 11.6 Å². The van der Waals surface area contributed by atoms with Gasteiger partial charge >= 0.3 is 0 Å². The Labute approximate surface area is 221 Å². The van der Waals surface area contributed by atoms with E-state index in [1.165, 1.54) is 47.0 Å². The zero-order valence-electron chi connectivity index (χ0n) is 20.8. The highest BCUT2D eigenvalue weighted by Crippen LogP contribution is 2.33. The van der Waals surface area contributed by atoms with Crippen LogP contribution in [0.1, 0.15) is 15.9 Å². The van der Waals surface area contributed by atoms with Gasteiger partial charge in [0.25, 0.3) is 5.56 Å². The number of H-pyrrole nitrogens is 1. The number of carbonyl (C=O) groups is 1. The lowest BCUT2D eigenvalue weighted by Crippen LogP contribution is -2.37. The maximum atomic E-state index is 15.0. The molecule has 2 aromatic carbocycles. The molecule has 10 heteroatoms. The summed E-state index contributed by atoms with van der Waals surface area (Å²) in [5, 5.41) is 0.703. The van der Waals surface area contributed by atoms with Crippen LogP contribution < -0.4 is 19.9 Å². The summed E-state index contributed by atoms with van der Waals surface area (Å²) in [6.07, 6.45) is 3.04. The molecule has 0 fully saturated rings. The van der Waals surface area contributed by atoms with Crippen molar-refractivity contribution in [2.24, 2.45) is 0 Å². The third-order valence-electron chi connectivity index (χ3n) is 6.57. The summed E-state index contributed by atoms with van der Waals surface area (Å²) in [7, 11) is 1.81. The van der Waals surface area contributed by atoms with Gasteiger partial charge in [0.2, 0.25) is 0 Å². The number of aromatic amines is 1. The van der Waals surface area contributed by atoms with Crippen molar-refractivity contribution in [2.75, 3.05) is 25.1 Å². The molecule has 0 spiro atoms. The average molecular weight is 529 g/mol. The molecule has 0 unspecified atom stereocenters. The first-order chi connectivity index (χ1) is 18.9. The fourth-order valence-electron chi connectivity index (χ4n) is 4.64. The van der Waals surface area contributed by atoms with Crippen LogP contribution in [0.25, 0.3) is 16.7 Å². The smallest absolute Gasteiger partial charge is 0.267 e. The molecule has 196 valence electrons. The number of Topliss-reactive ketones (excluding diaryl/α,β-unsaturated/α-hetero) is 1. The molecule has 3 aromatic heterocycles. The van der Waals surface area contributed by atoms with Gasteiger partial charge in [-0.25, -0.2) is 13.8 Å². The maximum absolute atomic E-state index is 15.0. The number of fused-ring (bicyclic) bond motifs is 2. The third-order valence-corrected chi connectivity index (χ3v) is 6.57. The summed E-state index contributed by atoms with van der Waals surface area (Å²) < 4.78 is 41.5. The molecule has 39 heavy (non-hydrogen) atoms. The Kier molecular flexibility index (Phi) is 6.07. The molecule has 0 amide bonds. The number of nitrogens with one attached hydrogen (secondary N) is 1. The molecular formula is C29H22F2N4O4. The predicted molar refractivity (Wildman–Crippen MR) is 141 cm³/mol. The van der Waals surface area contributed by atoms with E-state index in [1.54, 1.807) is 30.6 Å². The molecule has 1 aliphatic rings. The lowest BCUT2D eigenvalue weighted by Gasteiger charge is -2.30. The zero-order chi connectivity index (χ0) is 27.1. The van der Waals surface area contributed by atoms with E-state index < -0.39 is 23.0 Å². The highest BCUT2D eigenvalue weighted by atomic mass is 19.1. The minimum atomic E-state index is -0.653. The Hall–Kier alpha value is -4.99. The molecule has 4 heterocycles. The number of pyridine rings is 2. The van der Waals surface area contributed by atoms with Crippen molar-refractivity contribution >= 4 is 22.6 Å². The number of halogens is 2. The standard InChI is InChI=1S/C29H22F2N4O4/c1-34-12-13-38-26-16-21(29(37)35(28(26)34)19-5-3-18(30)4-6-19)23(36)15-17-2-7-25(22(31)14-17)39-24-9-11-33-27-20(24)8-10-32-27/h2-11,14,16H,12-13,15H2,1H3,(H,32,33). The van der Waals surface area contributed by atoms with Crippen molar-refractivity contribution in [1.29, 1.82) is 0 Å². The van der Waals surface area contributed by atoms with Gasteiger partial charge in [0.15, 0.2) is 28.9 Å². The molecule has 0 saturated carbocycles. The summed E-state index contributed by atoms with van der Waals surface area (Å²) in [5.74, 6) is -0.359. The molecule has 0 saturated heterocycles. The lowest BCUT2D eigenvalue weighted by atomic mass is 10.0. The van der Waals surface area contributed by atoms with Crippen LogP contribution in [-0.4, -0.2) is 40.5 Å². The van der Waals surface area contributed by atoms with Crippen LogP contribution in [0.5, 0.6) is 17.2 Å². The minimum Gasteiger partial charge on any atom is -0.488 e. The van der Waals surface area contributed by atoms with Crippen molar-refractivity contribution in [2.45, 2.75) is 6.42 Å². The van der Waals surface area contributed by atoms with Crippen LogP contribution in [-0.2, 0) is 6.42 Å². The predicted octanol–water partition coefficient (Wildman–Crippen LogP) is 5.04. The summed E-state index contributed by atoms with van der Waals surface area (Å²) in [5.41, 5.74) is 0.693. The van der Waals surface area contributed by atoms with Gasteiger partial charge < -0.3 is 19.4 Å². The van der Waals surface area contributed by atoms with Crippen LogP contribution in [0.3, 0.4) is 0 Å². The van der Waals surface area contributed by atoms with Crippen LogP contribution in [0.2, 0.25) is 0 Å². The number of carbonyl (C=O) groups excluding carboxylic acids is 1. The van der Waals surface area contributed by atoms with Gasteiger partial charge in [-0.2, -0.15) is 0 Å². The highest BCUT2D eigenvalue weighted by Gasteiger charge is 2.26. The van der Waals surface area contributed by atoms with E-state index in [9.17, 15) is 18.4 Å². The molecular weight excluding hydrogens is 506 g/mol. The SMILES string of the molecule is CN1CCOc2cc(C(=O)Cc3ccc(Oc4ccnc5[nH]ccc45)c(F)c3)c(=O)n(-c3ccc(F)cc3)c21. The maximum Gasteiger partial charge on any atom is 0.267 e. The van der Waals surface area contributed by atoms with Crippen molar-refractivity contribution in [3.8, 4) is 22.9 Å². The van der Waals surface area contributed by atoms with E-state index in [2.05, 4.69) is 9.97 Å². The summed E-state index contributed by atoms with van der Waals surface area (Å²) in [6.45, 7) is 0.904. The van der Waals surface area contributed by atoms with Crippen molar-refractivity contribution < 1.29 is 23.0 Å². The molecule has 0 aliphatic carbocycles. The number of hydrogen-bond acceptors (Lipinski definition) is 6. The fraction of sp³-hybridized carbons (Fsp3) is 0.138. The molecule has 0 bridgehead atoms. The number of ether oxygens (including phenoxy) is 2. The number of anilines is 1. The Morgan fingerprint density at radius 1 is 1.08 bits per heavy atom. The van der Waals surface area contributed by atoms with E-state index in [1.807, 2.05) is 11.9 Å². The number of rotatable bonds is 6. The minimum absolute atomic E-state index is 0.0104. The molecule has 1 aliphatic heterocycles. The fourth-order valence-corrected chi connectivity index (χ4v) is 4.64. The second kappa shape index (κ2) is 9.71. The Bertz CT molecular complexity index is 1780. The summed E-state index contributed by atoms with van der Waals surface area (Å²) in [4.78, 5) is 35.9. The van der Waals surface area contributed by atoms with Gasteiger partial charge in [-0.1, -0.05) is 6.07 Å². The topological polar surface area (TPSA) is 89.4 Å². The average Bonchev–Trinajstić information content (AvgIpc) is 3.41. The van der Waals surface area contributed by atoms with Gasteiger partial charge in [0.1, 0.15) is 23.8 Å². The molecule has 0 atom stereocenters. The van der Waals surface area contributed by atoms with Crippen LogP contribution in [0.4, 0.5) is 14.6 Å². The first-order valence-electron chi connectivity index (χ1n) is 12.2. The number of aromatic nitrogens is 3. The summed E-state index contributed by atoms with van der Waals surface area (Å²) >= 11 is 0. The van der Waals surface area contributed by atoms with Gasteiger partial charge in [0.05, 0.1) is 23.2 Å². The lowest BCUT2D eigenvalue weighted by molar-refractivity contribution is 0.0990. The van der Waals surface area contributed by atoms with Gasteiger partial charge in [-0.05, 0) is 54.1 Å². The Morgan fingerprint density at radius 3 is 2.69 bits per heavy atom. The van der Waals surface area contributed by atoms with Crippen molar-refractivity contribution in [3.63, 3.8) is 0 Å². The van der Waals surface area contributed by atoms with E-state index in [-0.39, 0.29) is 17.7 Å². The number of hydrogen-bond donors (Lipinski definition) is 1. The molecule has 0 radical (unpaired) electrons. The van der Waals surface area contributed by atoms with Gasteiger partial charge in [-0.15, -0.1) is 0 Å². The molecule has 8 nitrogen and oxygen atoms in total. The summed E-state index contributed by atoms with van der Waals surface area (Å²) in [6, 6.07) is 14.5. The molecule has 5 aromatic rings. The van der Waals surface area contributed by atoms with E-state index in [0.717, 1.165) is 0 Å². The monoisotopic (exact) mass is 528 g/mol. The second-order valence-corrected chi connectivity index (χ2v) is 9.15. The number of ketones is 1. The largest absolute Gasteiger partial charge is 0.488 e. The number of nitrogens with zero attached hydrogens (tertiary/aromatic N) is 3. The normalized spacial score (nSPS) is 12.7. The Morgan fingerprint density at radius 2 is 1.90 bits per heavy atom. The van der Waals surface area contributed by atoms with Gasteiger partial charge in [0, 0.05) is 31.9 Å². The third kappa shape index (κ3) is 4.50. The van der Waals surface area contributed by atoms with Crippen LogP contribution in [0.15, 0.2) is 77.9 Å². The van der Waals surface area contributed by atoms with E-state index in [0.29, 0.717) is 52.8 Å². The number of benzene rings is 2. The van der Waals surface area contributed by atoms with E-state index >= 15 is 0 Å².